The summed E-state index contributed by atoms with van der Waals surface area (Å²) in [6, 6.07) is 7.04. The Morgan fingerprint density at radius 1 is 1.29 bits per heavy atom. The standard InChI is InChI=1S/C12H11NO4/c14-9-5-8-3-1-2-4-10(8)13(7-9)11(15)6-12(16)17/h1-4H,5-7H2,(H,16,17). The molecule has 0 bridgehead atoms. The van der Waals surface area contributed by atoms with Crippen LogP contribution in [0.1, 0.15) is 12.0 Å². The van der Waals surface area contributed by atoms with Crippen molar-refractivity contribution in [2.24, 2.45) is 0 Å². The number of amides is 1. The van der Waals surface area contributed by atoms with Gasteiger partial charge in [0.25, 0.3) is 0 Å². The number of hydrogen-bond acceptors (Lipinski definition) is 3. The number of benzene rings is 1. The van der Waals surface area contributed by atoms with Crippen molar-refractivity contribution in [3.8, 4) is 0 Å². The van der Waals surface area contributed by atoms with Gasteiger partial charge in [0.1, 0.15) is 6.42 Å². The van der Waals surface area contributed by atoms with E-state index in [1.807, 2.05) is 0 Å². The Morgan fingerprint density at radius 2 is 2.00 bits per heavy atom. The summed E-state index contributed by atoms with van der Waals surface area (Å²) < 4.78 is 0. The molecule has 0 atom stereocenters. The summed E-state index contributed by atoms with van der Waals surface area (Å²) in [6.07, 6.45) is -0.297. The molecule has 0 aromatic heterocycles. The maximum Gasteiger partial charge on any atom is 0.312 e. The molecule has 2 rings (SSSR count). The fourth-order valence-electron chi connectivity index (χ4n) is 1.90. The second-order valence-electron chi connectivity index (χ2n) is 3.89. The highest BCUT2D eigenvalue weighted by molar-refractivity contribution is 6.08. The van der Waals surface area contributed by atoms with Gasteiger partial charge in [-0.1, -0.05) is 18.2 Å². The monoisotopic (exact) mass is 233 g/mol. The molecule has 0 saturated heterocycles. The van der Waals surface area contributed by atoms with Gasteiger partial charge in [0, 0.05) is 12.1 Å². The SMILES string of the molecule is O=C(O)CC(=O)N1CC(=O)Cc2ccccc21. The first kappa shape index (κ1) is 11.3. The third kappa shape index (κ3) is 2.33. The Kier molecular flexibility index (Phi) is 2.91. The molecule has 1 aliphatic rings. The van der Waals surface area contributed by atoms with Crippen LogP contribution in [0.3, 0.4) is 0 Å². The van der Waals surface area contributed by atoms with Crippen molar-refractivity contribution in [3.05, 3.63) is 29.8 Å². The predicted molar refractivity (Wildman–Crippen MR) is 59.8 cm³/mol. The van der Waals surface area contributed by atoms with Crippen LogP contribution in [-0.4, -0.2) is 29.3 Å². The summed E-state index contributed by atoms with van der Waals surface area (Å²) in [5.41, 5.74) is 1.40. The molecule has 1 heterocycles. The molecule has 17 heavy (non-hydrogen) atoms. The fraction of sp³-hybridized carbons (Fsp3) is 0.250. The van der Waals surface area contributed by atoms with Crippen LogP contribution in [0.2, 0.25) is 0 Å². The molecule has 0 saturated carbocycles. The van der Waals surface area contributed by atoms with Crippen molar-refractivity contribution in [1.29, 1.82) is 0 Å². The number of fused-ring (bicyclic) bond motifs is 1. The molecular formula is C12H11NO4. The summed E-state index contributed by atoms with van der Waals surface area (Å²) in [5.74, 6) is -1.83. The van der Waals surface area contributed by atoms with Crippen LogP contribution in [0, 0.1) is 0 Å². The summed E-state index contributed by atoms with van der Waals surface area (Å²) >= 11 is 0. The van der Waals surface area contributed by atoms with Crippen LogP contribution in [0.4, 0.5) is 5.69 Å². The molecule has 1 amide bonds. The van der Waals surface area contributed by atoms with Gasteiger partial charge in [-0.2, -0.15) is 0 Å². The number of Topliss-reactive ketones (excluding diaryl/α,β-unsaturated/α-hetero) is 1. The molecule has 5 heteroatoms. The van der Waals surface area contributed by atoms with Gasteiger partial charge in [-0.05, 0) is 11.6 Å². The van der Waals surface area contributed by atoms with Crippen LogP contribution in [0.5, 0.6) is 0 Å². The zero-order valence-electron chi connectivity index (χ0n) is 9.05. The molecule has 88 valence electrons. The first-order valence-corrected chi connectivity index (χ1v) is 5.19. The molecule has 5 nitrogen and oxygen atoms in total. The normalized spacial score (nSPS) is 14.4. The van der Waals surface area contributed by atoms with Crippen molar-refractivity contribution >= 4 is 23.3 Å². The smallest absolute Gasteiger partial charge is 0.312 e. The van der Waals surface area contributed by atoms with E-state index in [9.17, 15) is 14.4 Å². The molecule has 1 N–H and O–H groups in total. The van der Waals surface area contributed by atoms with Crippen LogP contribution in [-0.2, 0) is 20.8 Å². The molecule has 0 spiro atoms. The van der Waals surface area contributed by atoms with Gasteiger partial charge in [-0.3, -0.25) is 14.4 Å². The van der Waals surface area contributed by atoms with E-state index in [1.54, 1.807) is 24.3 Å². The van der Waals surface area contributed by atoms with Gasteiger partial charge in [-0.25, -0.2) is 0 Å². The van der Waals surface area contributed by atoms with Gasteiger partial charge < -0.3 is 10.0 Å². The van der Waals surface area contributed by atoms with Crippen molar-refractivity contribution in [2.75, 3.05) is 11.4 Å². The van der Waals surface area contributed by atoms with E-state index in [2.05, 4.69) is 0 Å². The number of para-hydroxylation sites is 1. The molecule has 1 aromatic carbocycles. The number of rotatable bonds is 2. The van der Waals surface area contributed by atoms with Crippen molar-refractivity contribution < 1.29 is 19.5 Å². The Morgan fingerprint density at radius 3 is 2.71 bits per heavy atom. The van der Waals surface area contributed by atoms with Crippen LogP contribution in [0.15, 0.2) is 24.3 Å². The summed E-state index contributed by atoms with van der Waals surface area (Å²) in [5, 5.41) is 8.60. The first-order valence-electron chi connectivity index (χ1n) is 5.19. The lowest BCUT2D eigenvalue weighted by Gasteiger charge is -2.28. The maximum atomic E-state index is 11.7. The highest BCUT2D eigenvalue weighted by Gasteiger charge is 2.27. The van der Waals surface area contributed by atoms with Crippen LogP contribution in [0.25, 0.3) is 0 Å². The number of carboxylic acids is 1. The second-order valence-corrected chi connectivity index (χ2v) is 3.89. The van der Waals surface area contributed by atoms with E-state index in [0.29, 0.717) is 12.1 Å². The molecule has 1 aliphatic heterocycles. The van der Waals surface area contributed by atoms with Gasteiger partial charge in [0.2, 0.25) is 5.91 Å². The number of aliphatic carboxylic acids is 1. The van der Waals surface area contributed by atoms with E-state index in [0.717, 1.165) is 5.56 Å². The minimum Gasteiger partial charge on any atom is -0.481 e. The zero-order chi connectivity index (χ0) is 12.4. The maximum absolute atomic E-state index is 11.7. The Hall–Kier alpha value is -2.17. The van der Waals surface area contributed by atoms with Gasteiger partial charge >= 0.3 is 5.97 Å². The zero-order valence-corrected chi connectivity index (χ0v) is 9.05. The van der Waals surface area contributed by atoms with Gasteiger partial charge in [0.15, 0.2) is 5.78 Å². The molecule has 0 fully saturated rings. The van der Waals surface area contributed by atoms with Crippen molar-refractivity contribution in [1.82, 2.24) is 0 Å². The first-order chi connectivity index (χ1) is 8.08. The average molecular weight is 233 g/mol. The number of carboxylic acid groups (broad SMARTS) is 1. The lowest BCUT2D eigenvalue weighted by molar-refractivity contribution is -0.140. The topological polar surface area (TPSA) is 74.7 Å². The Balaban J connectivity index is 2.32. The van der Waals surface area contributed by atoms with Crippen molar-refractivity contribution in [2.45, 2.75) is 12.8 Å². The second kappa shape index (κ2) is 4.37. The number of carbonyl (C=O) groups is 3. The average Bonchev–Trinajstić information content (AvgIpc) is 2.26. The number of carbonyl (C=O) groups excluding carboxylic acids is 2. The Labute approximate surface area is 97.7 Å². The third-order valence-corrected chi connectivity index (χ3v) is 2.61. The minimum atomic E-state index is -1.19. The van der Waals surface area contributed by atoms with Crippen LogP contribution >= 0.6 is 0 Å². The van der Waals surface area contributed by atoms with Gasteiger partial charge in [-0.15, -0.1) is 0 Å². The quantitative estimate of drug-likeness (QED) is 0.760. The minimum absolute atomic E-state index is 0.0386. The van der Waals surface area contributed by atoms with Crippen molar-refractivity contribution in [3.63, 3.8) is 0 Å². The molecule has 0 aliphatic carbocycles. The molecular weight excluding hydrogens is 222 g/mol. The van der Waals surface area contributed by atoms with E-state index in [-0.39, 0.29) is 12.3 Å². The fourth-order valence-corrected chi connectivity index (χ4v) is 1.90. The van der Waals surface area contributed by atoms with Gasteiger partial charge in [0.05, 0.1) is 6.54 Å². The summed E-state index contributed by atoms with van der Waals surface area (Å²) in [7, 11) is 0. The highest BCUT2D eigenvalue weighted by Crippen LogP contribution is 2.25. The number of anilines is 1. The number of ketones is 1. The molecule has 0 radical (unpaired) electrons. The summed E-state index contributed by atoms with van der Waals surface area (Å²) in [6.45, 7) is -0.0386. The largest absolute Gasteiger partial charge is 0.481 e. The van der Waals surface area contributed by atoms with E-state index >= 15 is 0 Å². The predicted octanol–water partition coefficient (Wildman–Crippen LogP) is 0.619. The number of hydrogen-bond donors (Lipinski definition) is 1. The lowest BCUT2D eigenvalue weighted by Crippen LogP contribution is -2.41. The molecule has 1 aromatic rings. The molecule has 0 unspecified atom stereocenters. The lowest BCUT2D eigenvalue weighted by atomic mass is 10.0. The van der Waals surface area contributed by atoms with E-state index < -0.39 is 18.3 Å². The third-order valence-electron chi connectivity index (χ3n) is 2.61. The number of nitrogens with zero attached hydrogens (tertiary/aromatic N) is 1. The van der Waals surface area contributed by atoms with E-state index in [4.69, 9.17) is 5.11 Å². The Bertz CT molecular complexity index is 495. The van der Waals surface area contributed by atoms with Crippen LogP contribution < -0.4 is 4.90 Å². The highest BCUT2D eigenvalue weighted by atomic mass is 16.4. The summed E-state index contributed by atoms with van der Waals surface area (Å²) in [4.78, 5) is 35.0. The van der Waals surface area contributed by atoms with E-state index in [1.165, 1.54) is 4.90 Å².